The van der Waals surface area contributed by atoms with Gasteiger partial charge in [0.05, 0.1) is 24.2 Å². The molecule has 0 radical (unpaired) electrons. The Kier molecular flexibility index (Phi) is 8.10. The highest BCUT2D eigenvalue weighted by Crippen LogP contribution is 2.37. The zero-order valence-electron chi connectivity index (χ0n) is 17.3. The first-order chi connectivity index (χ1) is 13.8. The second-order valence-corrected chi connectivity index (χ2v) is 6.57. The van der Waals surface area contributed by atoms with Crippen LogP contribution >= 0.6 is 0 Å². The Hall–Kier alpha value is -2.51. The molecule has 0 amide bonds. The van der Waals surface area contributed by atoms with Gasteiger partial charge in [-0.05, 0) is 31.4 Å². The summed E-state index contributed by atoms with van der Waals surface area (Å²) in [4.78, 5) is 9.34. The van der Waals surface area contributed by atoms with Crippen LogP contribution in [-0.2, 0) is 12.8 Å². The van der Waals surface area contributed by atoms with Crippen LogP contribution in [0.2, 0.25) is 0 Å². The predicted molar refractivity (Wildman–Crippen MR) is 107 cm³/mol. The third-order valence-electron chi connectivity index (χ3n) is 4.45. The highest BCUT2D eigenvalue weighted by Gasteiger charge is 2.33. The van der Waals surface area contributed by atoms with Gasteiger partial charge in [0.25, 0.3) is 0 Å². The number of nitrogens with one attached hydrogen (secondary N) is 1. The van der Waals surface area contributed by atoms with E-state index in [2.05, 4.69) is 26.9 Å². The van der Waals surface area contributed by atoms with E-state index in [1.807, 2.05) is 13.8 Å². The monoisotopic (exact) mass is 411 g/mol. The number of methoxy groups -OCH3 is 1. The fourth-order valence-corrected chi connectivity index (χ4v) is 2.97. The predicted octanol–water partition coefficient (Wildman–Crippen LogP) is 5.78. The highest BCUT2D eigenvalue weighted by molar-refractivity contribution is 5.71. The number of benzene rings is 1. The van der Waals surface area contributed by atoms with Gasteiger partial charge in [-0.2, -0.15) is 0 Å². The Morgan fingerprint density at radius 3 is 2.31 bits per heavy atom. The van der Waals surface area contributed by atoms with Crippen LogP contribution in [0.25, 0.3) is 11.3 Å². The first-order valence-corrected chi connectivity index (χ1v) is 9.90. The van der Waals surface area contributed by atoms with E-state index in [1.165, 1.54) is 19.2 Å². The lowest BCUT2D eigenvalue weighted by molar-refractivity contribution is -0.274. The number of unbranched alkanes of at least 4 members (excludes halogenated alkanes) is 2. The lowest BCUT2D eigenvalue weighted by Crippen LogP contribution is -2.18. The summed E-state index contributed by atoms with van der Waals surface area (Å²) in [6, 6.07) is 4.32. The molecule has 0 aliphatic rings. The lowest BCUT2D eigenvalue weighted by atomic mass is 10.1. The van der Waals surface area contributed by atoms with Crippen LogP contribution in [0.15, 0.2) is 18.2 Å². The third kappa shape index (κ3) is 6.24. The second-order valence-electron chi connectivity index (χ2n) is 6.57. The number of halogens is 3. The molecule has 0 atom stereocenters. The second kappa shape index (κ2) is 10.3. The first-order valence-electron chi connectivity index (χ1n) is 9.90. The van der Waals surface area contributed by atoms with E-state index in [1.54, 1.807) is 6.07 Å². The molecule has 0 bridgehead atoms. The molecule has 1 aromatic heterocycles. The molecular weight excluding hydrogens is 383 g/mol. The molecule has 2 aromatic rings. The Morgan fingerprint density at radius 2 is 1.72 bits per heavy atom. The number of aryl methyl sites for hydroxylation is 2. The van der Waals surface area contributed by atoms with Crippen LogP contribution in [0.1, 0.15) is 51.4 Å². The number of aromatic nitrogens is 2. The quantitative estimate of drug-likeness (QED) is 0.503. The molecule has 0 saturated carbocycles. The van der Waals surface area contributed by atoms with E-state index in [4.69, 9.17) is 4.74 Å². The molecule has 1 heterocycles. The van der Waals surface area contributed by atoms with Gasteiger partial charge >= 0.3 is 6.36 Å². The SMILES string of the molecule is CCCCCNc1nc(CC)c(-c2ccc(OC)cc2OC(F)(F)F)nc1CC. The van der Waals surface area contributed by atoms with Crippen LogP contribution in [0.4, 0.5) is 19.0 Å². The Bertz CT molecular complexity index is 810. The lowest BCUT2D eigenvalue weighted by Gasteiger charge is -2.18. The van der Waals surface area contributed by atoms with Crippen molar-refractivity contribution >= 4 is 5.82 Å². The van der Waals surface area contributed by atoms with Gasteiger partial charge in [0.1, 0.15) is 17.3 Å². The van der Waals surface area contributed by atoms with Crippen molar-refractivity contribution in [2.45, 2.75) is 59.2 Å². The molecule has 160 valence electrons. The Balaban J connectivity index is 2.50. The molecule has 0 spiro atoms. The van der Waals surface area contributed by atoms with E-state index in [0.717, 1.165) is 25.8 Å². The molecule has 0 aliphatic heterocycles. The van der Waals surface area contributed by atoms with Crippen molar-refractivity contribution in [1.29, 1.82) is 0 Å². The summed E-state index contributed by atoms with van der Waals surface area (Å²) in [6.07, 6.45) is -0.446. The van der Waals surface area contributed by atoms with Crippen molar-refractivity contribution in [3.63, 3.8) is 0 Å². The van der Waals surface area contributed by atoms with E-state index >= 15 is 0 Å². The molecule has 8 heteroatoms. The maximum Gasteiger partial charge on any atom is 0.573 e. The van der Waals surface area contributed by atoms with Crippen LogP contribution in [-0.4, -0.2) is 30.0 Å². The minimum Gasteiger partial charge on any atom is -0.497 e. The molecule has 5 nitrogen and oxygen atoms in total. The molecule has 0 saturated heterocycles. The van der Waals surface area contributed by atoms with E-state index in [0.29, 0.717) is 35.7 Å². The van der Waals surface area contributed by atoms with Gasteiger partial charge < -0.3 is 14.8 Å². The summed E-state index contributed by atoms with van der Waals surface area (Å²) in [5, 5.41) is 3.32. The van der Waals surface area contributed by atoms with Crippen molar-refractivity contribution in [2.75, 3.05) is 19.0 Å². The van der Waals surface area contributed by atoms with Crippen molar-refractivity contribution in [3.05, 3.63) is 29.6 Å². The fourth-order valence-electron chi connectivity index (χ4n) is 2.97. The van der Waals surface area contributed by atoms with E-state index in [-0.39, 0.29) is 17.1 Å². The summed E-state index contributed by atoms with van der Waals surface area (Å²) >= 11 is 0. The average Bonchev–Trinajstić information content (AvgIpc) is 2.69. The smallest absolute Gasteiger partial charge is 0.497 e. The minimum atomic E-state index is -4.82. The molecule has 1 N–H and O–H groups in total. The number of ether oxygens (including phenoxy) is 2. The summed E-state index contributed by atoms with van der Waals surface area (Å²) in [5.74, 6) is 0.603. The fraction of sp³-hybridized carbons (Fsp3) is 0.524. The van der Waals surface area contributed by atoms with Crippen molar-refractivity contribution in [2.24, 2.45) is 0 Å². The number of rotatable bonds is 10. The number of nitrogens with zero attached hydrogens (tertiary/aromatic N) is 2. The van der Waals surface area contributed by atoms with Crippen LogP contribution < -0.4 is 14.8 Å². The molecule has 0 unspecified atom stereocenters. The summed E-state index contributed by atoms with van der Waals surface area (Å²) in [5.41, 5.74) is 1.95. The number of hydrogen-bond acceptors (Lipinski definition) is 5. The standard InChI is InChI=1S/C21H28F3N3O2/c1-5-8-9-12-25-20-17(7-3)26-19(16(6-2)27-20)15-11-10-14(28-4)13-18(15)29-21(22,23)24/h10-11,13H,5-9,12H2,1-4H3,(H,25,27). The molecule has 2 rings (SSSR count). The van der Waals surface area contributed by atoms with Gasteiger partial charge in [0, 0.05) is 18.2 Å². The maximum atomic E-state index is 13.0. The summed E-state index contributed by atoms with van der Waals surface area (Å²) < 4.78 is 48.2. The van der Waals surface area contributed by atoms with Gasteiger partial charge in [-0.3, -0.25) is 0 Å². The topological polar surface area (TPSA) is 56.3 Å². The van der Waals surface area contributed by atoms with Crippen LogP contribution in [0, 0.1) is 0 Å². The van der Waals surface area contributed by atoms with E-state index in [9.17, 15) is 13.2 Å². The minimum absolute atomic E-state index is 0.236. The zero-order valence-corrected chi connectivity index (χ0v) is 17.3. The summed E-state index contributed by atoms with van der Waals surface area (Å²) in [7, 11) is 1.39. The normalized spacial score (nSPS) is 11.4. The molecule has 0 fully saturated rings. The Labute approximate surface area is 169 Å². The number of anilines is 1. The number of alkyl halides is 3. The van der Waals surface area contributed by atoms with Crippen molar-refractivity contribution < 1.29 is 22.6 Å². The van der Waals surface area contributed by atoms with Crippen molar-refractivity contribution in [1.82, 2.24) is 9.97 Å². The van der Waals surface area contributed by atoms with Crippen molar-refractivity contribution in [3.8, 4) is 22.8 Å². The molecule has 0 aliphatic carbocycles. The van der Waals surface area contributed by atoms with Gasteiger partial charge in [-0.25, -0.2) is 9.97 Å². The largest absolute Gasteiger partial charge is 0.573 e. The van der Waals surface area contributed by atoms with E-state index < -0.39 is 6.36 Å². The third-order valence-corrected chi connectivity index (χ3v) is 4.45. The van der Waals surface area contributed by atoms with Gasteiger partial charge in [0.2, 0.25) is 0 Å². The van der Waals surface area contributed by atoms with Gasteiger partial charge in [-0.15, -0.1) is 13.2 Å². The van der Waals surface area contributed by atoms with Gasteiger partial charge in [-0.1, -0.05) is 33.6 Å². The molecule has 29 heavy (non-hydrogen) atoms. The van der Waals surface area contributed by atoms with Crippen LogP contribution in [0.3, 0.4) is 0 Å². The zero-order chi connectivity index (χ0) is 21.4. The maximum absolute atomic E-state index is 13.0. The average molecular weight is 411 g/mol. The Morgan fingerprint density at radius 1 is 1.00 bits per heavy atom. The highest BCUT2D eigenvalue weighted by atomic mass is 19.4. The molecule has 1 aromatic carbocycles. The first kappa shape index (κ1) is 22.8. The van der Waals surface area contributed by atoms with Crippen LogP contribution in [0.5, 0.6) is 11.5 Å². The summed E-state index contributed by atoms with van der Waals surface area (Å²) in [6.45, 7) is 6.76. The molecular formula is C21H28F3N3O2. The number of hydrogen-bond donors (Lipinski definition) is 1. The van der Waals surface area contributed by atoms with Gasteiger partial charge in [0.15, 0.2) is 0 Å².